The van der Waals surface area contributed by atoms with Crippen molar-refractivity contribution < 1.29 is 9.59 Å². The molecular weight excluding hydrogens is 121 g/mol. The van der Waals surface area contributed by atoms with Crippen molar-refractivity contribution in [1.82, 2.24) is 4.90 Å². The van der Waals surface area contributed by atoms with Gasteiger partial charge in [0.15, 0.2) is 0 Å². The molecule has 1 heterocycles. The maximum absolute atomic E-state index is 10.4. The molecule has 0 bridgehead atoms. The summed E-state index contributed by atoms with van der Waals surface area (Å²) in [5, 5.41) is 0. The van der Waals surface area contributed by atoms with Gasteiger partial charge in [0.05, 0.1) is 0 Å². The predicted octanol–water partition coefficient (Wildman–Crippen LogP) is -1.94. The minimum atomic E-state index is -0.145. The second-order valence-corrected chi connectivity index (χ2v) is 2.35. The number of nitrogens with zero attached hydrogens (tertiary/aromatic N) is 1. The van der Waals surface area contributed by atoms with Gasteiger partial charge < -0.3 is 0 Å². The monoisotopic (exact) mass is 125 g/mol. The van der Waals surface area contributed by atoms with Gasteiger partial charge in [-0.05, 0) is 0 Å². The molecule has 0 N–H and O–H groups in total. The first-order valence-corrected chi connectivity index (χ1v) is 2.86. The van der Waals surface area contributed by atoms with Crippen molar-refractivity contribution >= 4 is 32.0 Å². The molecule has 1 saturated heterocycles. The molecule has 0 unspecified atom stereocenters. The molecule has 0 aliphatic carbocycles. The molecule has 0 spiro atoms. The van der Waals surface area contributed by atoms with Crippen molar-refractivity contribution in [3.63, 3.8) is 0 Å². The molecule has 3 nitrogen and oxygen atoms in total. The third-order valence-electron chi connectivity index (χ3n) is 1.13. The van der Waals surface area contributed by atoms with E-state index >= 15 is 0 Å². The molecule has 0 radical (unpaired) electrons. The first kappa shape index (κ1) is 5.68. The zero-order valence-electron chi connectivity index (χ0n) is 4.47. The number of carbonyl (C=O) groups excluding carboxylic acids is 2. The predicted molar refractivity (Wildman–Crippen MR) is 29.9 cm³/mol. The Morgan fingerprint density at radius 3 is 1.88 bits per heavy atom. The van der Waals surface area contributed by atoms with Crippen molar-refractivity contribution in [2.75, 3.05) is 7.05 Å². The fraction of sp³-hybridized carbons (Fsp3) is 0.250. The number of β-lactam (4-membered cyclic amide) rings is 2. The van der Waals surface area contributed by atoms with Crippen LogP contribution in [0.1, 0.15) is 0 Å². The topological polar surface area (TPSA) is 37.4 Å². The van der Waals surface area contributed by atoms with Crippen LogP contribution in [-0.2, 0) is 9.59 Å². The summed E-state index contributed by atoms with van der Waals surface area (Å²) in [7, 11) is 1.47. The Bertz CT molecular complexity index is 168. The second-order valence-electron chi connectivity index (χ2n) is 1.65. The van der Waals surface area contributed by atoms with Crippen LogP contribution < -0.4 is 0 Å². The Hall–Kier alpha value is -0.458. The van der Waals surface area contributed by atoms with Crippen LogP contribution in [0.5, 0.6) is 0 Å². The number of amides is 2. The summed E-state index contributed by atoms with van der Waals surface area (Å²) in [6.07, 6.45) is 0. The van der Waals surface area contributed by atoms with Crippen LogP contribution in [0, 0.1) is 0 Å². The van der Waals surface area contributed by atoms with E-state index in [2.05, 4.69) is 0 Å². The summed E-state index contributed by atoms with van der Waals surface area (Å²) in [4.78, 5) is 22.0. The van der Waals surface area contributed by atoms with Crippen LogP contribution in [0.3, 0.4) is 0 Å². The molecule has 0 saturated carbocycles. The van der Waals surface area contributed by atoms with Crippen LogP contribution >= 0.6 is 0 Å². The number of imide groups is 1. The molecule has 0 aromatic heterocycles. The Balaban J connectivity index is 2.84. The molecule has 1 rings (SSSR count). The van der Waals surface area contributed by atoms with Gasteiger partial charge in [0.25, 0.3) is 0 Å². The first-order valence-electron chi connectivity index (χ1n) is 2.16. The average molecular weight is 125 g/mol. The van der Waals surface area contributed by atoms with Gasteiger partial charge in [-0.15, -0.1) is 0 Å². The van der Waals surface area contributed by atoms with E-state index in [1.807, 2.05) is 0 Å². The molecule has 40 valence electrons. The number of rotatable bonds is 0. The Kier molecular flexibility index (Phi) is 1.07. The van der Waals surface area contributed by atoms with Crippen molar-refractivity contribution in [3.05, 3.63) is 0 Å². The van der Waals surface area contributed by atoms with Crippen LogP contribution in [0.4, 0.5) is 0 Å². The number of hydrogen-bond donors (Lipinski definition) is 0. The molecule has 1 aliphatic heterocycles. The number of carbonyl (C=O) groups is 2. The van der Waals surface area contributed by atoms with Crippen molar-refractivity contribution in [3.8, 4) is 0 Å². The Morgan fingerprint density at radius 1 is 1.38 bits per heavy atom. The van der Waals surface area contributed by atoms with E-state index in [0.717, 1.165) is 4.90 Å². The van der Waals surface area contributed by atoms with Crippen LogP contribution in [0.25, 0.3) is 0 Å². The van der Waals surface area contributed by atoms with Gasteiger partial charge in [-0.2, -0.15) is 0 Å². The van der Waals surface area contributed by atoms with Crippen LogP contribution in [-0.4, -0.2) is 44.0 Å². The quantitative estimate of drug-likeness (QED) is 0.279. The third-order valence-corrected chi connectivity index (χ3v) is 1.73. The first-order chi connectivity index (χ1) is 3.64. The summed E-state index contributed by atoms with van der Waals surface area (Å²) < 4.78 is 0.368. The maximum atomic E-state index is 10.4. The van der Waals surface area contributed by atoms with E-state index in [4.69, 9.17) is 0 Å². The third kappa shape index (κ3) is 0.473. The molecule has 4 heteroatoms. The summed E-state index contributed by atoms with van der Waals surface area (Å²) >= 11 is 1.34. The van der Waals surface area contributed by atoms with E-state index in [0.29, 0.717) is 4.38 Å². The molecule has 1 aliphatic rings. The summed E-state index contributed by atoms with van der Waals surface area (Å²) in [6.45, 7) is 0. The van der Waals surface area contributed by atoms with Gasteiger partial charge in [0, 0.05) is 0 Å². The van der Waals surface area contributed by atoms with E-state index < -0.39 is 0 Å². The SMILES string of the molecule is CN1C(=O)[C](=[AlH])C1=O. The van der Waals surface area contributed by atoms with Gasteiger partial charge in [0.1, 0.15) is 0 Å². The molecular formula is C4H4AlNO2. The van der Waals surface area contributed by atoms with Gasteiger partial charge in [-0.3, -0.25) is 0 Å². The summed E-state index contributed by atoms with van der Waals surface area (Å²) in [5.41, 5.74) is 0. The van der Waals surface area contributed by atoms with E-state index in [9.17, 15) is 9.59 Å². The van der Waals surface area contributed by atoms with Crippen LogP contribution in [0.15, 0.2) is 0 Å². The van der Waals surface area contributed by atoms with Crippen molar-refractivity contribution in [2.45, 2.75) is 0 Å². The molecule has 0 aromatic rings. The Labute approximate surface area is 54.2 Å². The Morgan fingerprint density at radius 2 is 1.75 bits per heavy atom. The second kappa shape index (κ2) is 1.51. The van der Waals surface area contributed by atoms with E-state index in [-0.39, 0.29) is 11.8 Å². The molecule has 0 atom stereocenters. The molecule has 2 amide bonds. The van der Waals surface area contributed by atoms with Gasteiger partial charge >= 0.3 is 53.6 Å². The molecule has 8 heavy (non-hydrogen) atoms. The normalized spacial score (nSPS) is 19.0. The summed E-state index contributed by atoms with van der Waals surface area (Å²) in [5.74, 6) is -0.290. The average Bonchev–Trinajstić information content (AvgIpc) is 1.83. The number of likely N-dealkylation sites (tertiary alicyclic amines) is 1. The van der Waals surface area contributed by atoms with Crippen molar-refractivity contribution in [2.24, 2.45) is 0 Å². The van der Waals surface area contributed by atoms with Gasteiger partial charge in [-0.1, -0.05) is 0 Å². The van der Waals surface area contributed by atoms with E-state index in [1.54, 1.807) is 0 Å². The standard InChI is InChI=1S/C4H3NO2.Al.H/c1-5-3(6)2-4(5)7;;/h1H3;;. The van der Waals surface area contributed by atoms with Crippen molar-refractivity contribution in [1.29, 1.82) is 0 Å². The van der Waals surface area contributed by atoms with Gasteiger partial charge in [-0.25, -0.2) is 0 Å². The van der Waals surface area contributed by atoms with E-state index in [1.165, 1.54) is 22.9 Å². The molecule has 1 fully saturated rings. The zero-order valence-corrected chi connectivity index (χ0v) is 5.89. The zero-order chi connectivity index (χ0) is 6.31. The fourth-order valence-electron chi connectivity index (χ4n) is 0.536. The minimum absolute atomic E-state index is 0.145. The number of hydrogen-bond acceptors (Lipinski definition) is 2. The molecule has 0 aromatic carbocycles. The summed E-state index contributed by atoms with van der Waals surface area (Å²) in [6, 6.07) is 0. The van der Waals surface area contributed by atoms with Gasteiger partial charge in [0.2, 0.25) is 0 Å². The van der Waals surface area contributed by atoms with Crippen LogP contribution in [0.2, 0.25) is 0 Å². The fourth-order valence-corrected chi connectivity index (χ4v) is 1.01.